The van der Waals surface area contributed by atoms with E-state index in [1.807, 2.05) is 0 Å². The summed E-state index contributed by atoms with van der Waals surface area (Å²) in [5.74, 6) is 0.209. The van der Waals surface area contributed by atoms with E-state index in [0.29, 0.717) is 23.2 Å². The number of aromatic hydroxyl groups is 1. The number of carbonyl (C=O) groups excluding carboxylic acids is 1. The zero-order chi connectivity index (χ0) is 13.4. The number of benzene rings is 1. The summed E-state index contributed by atoms with van der Waals surface area (Å²) >= 11 is 0. The highest BCUT2D eigenvalue weighted by Crippen LogP contribution is 2.30. The summed E-state index contributed by atoms with van der Waals surface area (Å²) in [6, 6.07) is 1.48. The lowest BCUT2D eigenvalue weighted by Gasteiger charge is -2.08. The number of rotatable bonds is 2. The topological polar surface area (TPSA) is 67.5 Å². The Hall–Kier alpha value is -2.36. The number of phenols is 1. The third-order valence-electron chi connectivity index (χ3n) is 3.02. The molecule has 0 atom stereocenters. The molecule has 0 amide bonds. The smallest absolute Gasteiger partial charge is 0.195 e. The molecule has 0 radical (unpaired) electrons. The van der Waals surface area contributed by atoms with Crippen molar-refractivity contribution in [1.29, 1.82) is 0 Å². The largest absolute Gasteiger partial charge is 0.506 e. The highest BCUT2D eigenvalue weighted by atomic mass is 16.3. The van der Waals surface area contributed by atoms with Crippen LogP contribution >= 0.6 is 0 Å². The second-order valence-electron chi connectivity index (χ2n) is 4.04. The van der Waals surface area contributed by atoms with Crippen molar-refractivity contribution in [2.45, 2.75) is 13.8 Å². The van der Waals surface area contributed by atoms with Crippen LogP contribution in [0.3, 0.4) is 0 Å². The molecule has 4 nitrogen and oxygen atoms in total. The molecule has 0 aliphatic heterocycles. The first-order valence-electron chi connectivity index (χ1n) is 5.38. The summed E-state index contributed by atoms with van der Waals surface area (Å²) in [5.41, 5.74) is 0.698. The van der Waals surface area contributed by atoms with Crippen LogP contribution in [0.25, 0.3) is 17.0 Å². The Balaban J connectivity index is 3.12. The third kappa shape index (κ3) is 1.54. The molecule has 1 heterocycles. The van der Waals surface area contributed by atoms with Crippen LogP contribution in [0.4, 0.5) is 0 Å². The normalized spacial score (nSPS) is 10.6. The molecule has 0 aliphatic rings. The molecule has 0 saturated carbocycles. The number of carbonyl (C=O) groups is 1. The Morgan fingerprint density at radius 2 is 2.06 bits per heavy atom. The van der Waals surface area contributed by atoms with Crippen LogP contribution in [0, 0.1) is 13.8 Å². The summed E-state index contributed by atoms with van der Waals surface area (Å²) < 4.78 is 5.45. The van der Waals surface area contributed by atoms with E-state index in [2.05, 4.69) is 6.58 Å². The van der Waals surface area contributed by atoms with E-state index >= 15 is 0 Å². The highest BCUT2D eigenvalue weighted by Gasteiger charge is 2.16. The minimum absolute atomic E-state index is 0.0254. The van der Waals surface area contributed by atoms with Crippen LogP contribution in [0.5, 0.6) is 5.75 Å². The van der Waals surface area contributed by atoms with Gasteiger partial charge in [0.2, 0.25) is 0 Å². The van der Waals surface area contributed by atoms with Gasteiger partial charge in [0.25, 0.3) is 0 Å². The first-order chi connectivity index (χ1) is 8.51. The van der Waals surface area contributed by atoms with E-state index < -0.39 is 0 Å². The zero-order valence-corrected chi connectivity index (χ0v) is 10.1. The van der Waals surface area contributed by atoms with Crippen LogP contribution in [-0.2, 0) is 0 Å². The standard InChI is InChI=1S/C14H12O4/c1-4-9-5-10-12(16)7(2)8(3)18-14(10)11(6-15)13(9)17/h4-6,17H,1H2,2-3H3. The van der Waals surface area contributed by atoms with Gasteiger partial charge < -0.3 is 9.52 Å². The van der Waals surface area contributed by atoms with Gasteiger partial charge >= 0.3 is 0 Å². The SMILES string of the molecule is C=Cc1cc2c(=O)c(C)c(C)oc2c(C=O)c1O. The van der Waals surface area contributed by atoms with Gasteiger partial charge in [-0.2, -0.15) is 0 Å². The maximum Gasteiger partial charge on any atom is 0.195 e. The fourth-order valence-electron chi connectivity index (χ4n) is 1.83. The molecule has 2 rings (SSSR count). The monoisotopic (exact) mass is 244 g/mol. The minimum Gasteiger partial charge on any atom is -0.506 e. The first-order valence-corrected chi connectivity index (χ1v) is 5.38. The summed E-state index contributed by atoms with van der Waals surface area (Å²) in [4.78, 5) is 23.2. The van der Waals surface area contributed by atoms with Crippen molar-refractivity contribution >= 4 is 23.3 Å². The molecule has 0 spiro atoms. The summed E-state index contributed by atoms with van der Waals surface area (Å²) in [7, 11) is 0. The molecule has 92 valence electrons. The van der Waals surface area contributed by atoms with E-state index in [0.717, 1.165) is 0 Å². The molecular weight excluding hydrogens is 232 g/mol. The van der Waals surface area contributed by atoms with Gasteiger partial charge in [0, 0.05) is 11.1 Å². The number of hydrogen-bond donors (Lipinski definition) is 1. The quantitative estimate of drug-likeness (QED) is 0.824. The highest BCUT2D eigenvalue weighted by molar-refractivity contribution is 5.99. The van der Waals surface area contributed by atoms with Gasteiger partial charge in [-0.25, -0.2) is 0 Å². The molecule has 18 heavy (non-hydrogen) atoms. The minimum atomic E-state index is -0.223. The van der Waals surface area contributed by atoms with Gasteiger partial charge in [0.1, 0.15) is 17.1 Å². The Morgan fingerprint density at radius 3 is 2.61 bits per heavy atom. The number of aryl methyl sites for hydroxylation is 1. The Morgan fingerprint density at radius 1 is 1.39 bits per heavy atom. The van der Waals surface area contributed by atoms with Crippen molar-refractivity contribution in [3.63, 3.8) is 0 Å². The fraction of sp³-hybridized carbons (Fsp3) is 0.143. The summed E-state index contributed by atoms with van der Waals surface area (Å²) in [6.45, 7) is 6.83. The maximum absolute atomic E-state index is 12.1. The first kappa shape index (κ1) is 12.1. The molecule has 0 bridgehead atoms. The van der Waals surface area contributed by atoms with Gasteiger partial charge in [0.05, 0.1) is 5.39 Å². The van der Waals surface area contributed by atoms with Gasteiger partial charge in [-0.15, -0.1) is 0 Å². The van der Waals surface area contributed by atoms with Crippen molar-refractivity contribution in [2.75, 3.05) is 0 Å². The molecule has 4 heteroatoms. The second-order valence-corrected chi connectivity index (χ2v) is 4.04. The Labute approximate surface area is 103 Å². The van der Waals surface area contributed by atoms with Crippen LogP contribution in [0.1, 0.15) is 27.2 Å². The number of fused-ring (bicyclic) bond motifs is 1. The van der Waals surface area contributed by atoms with Gasteiger partial charge in [-0.1, -0.05) is 12.7 Å². The molecule has 2 aromatic rings. The molecule has 1 N–H and O–H groups in total. The van der Waals surface area contributed by atoms with Crippen molar-refractivity contribution in [3.05, 3.63) is 45.3 Å². The molecule has 1 aromatic heterocycles. The third-order valence-corrected chi connectivity index (χ3v) is 3.02. The fourth-order valence-corrected chi connectivity index (χ4v) is 1.83. The molecule has 0 aliphatic carbocycles. The number of phenolic OH excluding ortho intramolecular Hbond substituents is 1. The van der Waals surface area contributed by atoms with Crippen molar-refractivity contribution < 1.29 is 14.3 Å². The van der Waals surface area contributed by atoms with E-state index in [1.165, 1.54) is 12.1 Å². The summed E-state index contributed by atoms with van der Waals surface area (Å²) in [6.07, 6.45) is 1.86. The predicted octanol–water partition coefficient (Wildman–Crippen LogP) is 2.57. The van der Waals surface area contributed by atoms with Crippen LogP contribution in [-0.4, -0.2) is 11.4 Å². The van der Waals surface area contributed by atoms with E-state index in [9.17, 15) is 14.7 Å². The Bertz CT molecular complexity index is 723. The Kier molecular flexibility index (Phi) is 2.79. The average Bonchev–Trinajstić information content (AvgIpc) is 2.36. The van der Waals surface area contributed by atoms with Gasteiger partial charge in [0.15, 0.2) is 17.3 Å². The van der Waals surface area contributed by atoms with Crippen LogP contribution < -0.4 is 5.43 Å². The lowest BCUT2D eigenvalue weighted by Crippen LogP contribution is -2.08. The summed E-state index contributed by atoms with van der Waals surface area (Å²) in [5, 5.41) is 10.1. The molecule has 1 aromatic carbocycles. The number of aldehydes is 1. The molecular formula is C14H12O4. The van der Waals surface area contributed by atoms with Crippen molar-refractivity contribution in [2.24, 2.45) is 0 Å². The van der Waals surface area contributed by atoms with E-state index in [1.54, 1.807) is 13.8 Å². The predicted molar refractivity (Wildman–Crippen MR) is 69.1 cm³/mol. The van der Waals surface area contributed by atoms with E-state index in [4.69, 9.17) is 4.42 Å². The second kappa shape index (κ2) is 4.14. The van der Waals surface area contributed by atoms with Gasteiger partial charge in [-0.05, 0) is 19.9 Å². The van der Waals surface area contributed by atoms with Gasteiger partial charge in [-0.3, -0.25) is 9.59 Å². The molecule has 0 fully saturated rings. The van der Waals surface area contributed by atoms with Crippen LogP contribution in [0.2, 0.25) is 0 Å². The van der Waals surface area contributed by atoms with E-state index in [-0.39, 0.29) is 27.7 Å². The van der Waals surface area contributed by atoms with Crippen molar-refractivity contribution in [1.82, 2.24) is 0 Å². The lowest BCUT2D eigenvalue weighted by molar-refractivity contribution is 0.112. The average molecular weight is 244 g/mol. The number of hydrogen-bond acceptors (Lipinski definition) is 4. The zero-order valence-electron chi connectivity index (χ0n) is 10.1. The van der Waals surface area contributed by atoms with Crippen LogP contribution in [0.15, 0.2) is 21.9 Å². The van der Waals surface area contributed by atoms with Crippen molar-refractivity contribution in [3.8, 4) is 5.75 Å². The maximum atomic E-state index is 12.1. The molecule has 0 unspecified atom stereocenters. The lowest BCUT2D eigenvalue weighted by atomic mass is 10.0. The molecule has 0 saturated heterocycles.